The molecule has 1 aliphatic rings. The lowest BCUT2D eigenvalue weighted by molar-refractivity contribution is -0.136. The van der Waals surface area contributed by atoms with Gasteiger partial charge in [0.05, 0.1) is 7.11 Å². The molecule has 2 amide bonds. The average Bonchev–Trinajstić information content (AvgIpc) is 2.60. The average molecular weight is 268 g/mol. The predicted molar refractivity (Wildman–Crippen MR) is 68.9 cm³/mol. The first-order valence-corrected chi connectivity index (χ1v) is 6.40. The zero-order valence-electron chi connectivity index (χ0n) is 11.3. The molecule has 0 saturated carbocycles. The fourth-order valence-corrected chi connectivity index (χ4v) is 1.96. The Morgan fingerprint density at radius 1 is 1.32 bits per heavy atom. The van der Waals surface area contributed by atoms with E-state index in [4.69, 9.17) is 0 Å². The van der Waals surface area contributed by atoms with Gasteiger partial charge in [-0.25, -0.2) is 4.79 Å². The van der Waals surface area contributed by atoms with Crippen molar-refractivity contribution in [2.24, 2.45) is 0 Å². The summed E-state index contributed by atoms with van der Waals surface area (Å²) in [5, 5.41) is 2.66. The van der Waals surface area contributed by atoms with Gasteiger partial charge in [0.1, 0.15) is 6.17 Å². The molecule has 106 valence electrons. The van der Waals surface area contributed by atoms with E-state index in [1.54, 1.807) is 11.8 Å². The van der Waals surface area contributed by atoms with Gasteiger partial charge >= 0.3 is 5.97 Å². The summed E-state index contributed by atoms with van der Waals surface area (Å²) in [6.07, 6.45) is 5.18. The fraction of sp³-hybridized carbons (Fsp3) is 0.615. The Labute approximate surface area is 112 Å². The van der Waals surface area contributed by atoms with E-state index in [2.05, 4.69) is 10.1 Å². The number of likely N-dealkylation sites (tertiary alicyclic amines) is 1. The smallest absolute Gasteiger partial charge is 0.330 e. The Balaban J connectivity index is 2.50. The van der Waals surface area contributed by atoms with E-state index in [-0.39, 0.29) is 12.1 Å². The van der Waals surface area contributed by atoms with Crippen molar-refractivity contribution in [2.75, 3.05) is 13.7 Å². The largest absolute Gasteiger partial charge is 0.466 e. The van der Waals surface area contributed by atoms with Crippen molar-refractivity contribution in [3.05, 3.63) is 12.2 Å². The Kier molecular flexibility index (Phi) is 6.05. The van der Waals surface area contributed by atoms with Gasteiger partial charge in [0, 0.05) is 25.1 Å². The van der Waals surface area contributed by atoms with E-state index < -0.39 is 11.9 Å². The number of ether oxygens (including phenoxy) is 1. The summed E-state index contributed by atoms with van der Waals surface area (Å²) in [5.74, 6) is -0.953. The highest BCUT2D eigenvalue weighted by Crippen LogP contribution is 2.12. The molecule has 0 radical (unpaired) electrons. The van der Waals surface area contributed by atoms with Crippen LogP contribution in [-0.4, -0.2) is 42.5 Å². The van der Waals surface area contributed by atoms with Crippen LogP contribution in [0, 0.1) is 0 Å². The van der Waals surface area contributed by atoms with Gasteiger partial charge in [0.2, 0.25) is 11.8 Å². The zero-order chi connectivity index (χ0) is 14.3. The van der Waals surface area contributed by atoms with E-state index in [1.165, 1.54) is 7.11 Å². The van der Waals surface area contributed by atoms with E-state index >= 15 is 0 Å². The molecule has 0 aromatic carbocycles. The molecule has 0 aliphatic carbocycles. The number of hydrogen-bond acceptors (Lipinski definition) is 4. The fourth-order valence-electron chi connectivity index (χ4n) is 1.96. The Bertz CT molecular complexity index is 379. The molecule has 1 rings (SSSR count). The van der Waals surface area contributed by atoms with Gasteiger partial charge in [-0.05, 0) is 19.8 Å². The summed E-state index contributed by atoms with van der Waals surface area (Å²) in [4.78, 5) is 35.9. The lowest BCUT2D eigenvalue weighted by Crippen LogP contribution is -2.48. The van der Waals surface area contributed by atoms with Crippen LogP contribution < -0.4 is 5.32 Å². The molecule has 1 fully saturated rings. The highest BCUT2D eigenvalue weighted by molar-refractivity contribution is 5.94. The standard InChI is InChI=1S/C13H20N2O4/c1-10(14-11(16)7-8-13(18)19-2)15-9-5-3-4-6-12(15)17/h7-8,10H,3-6,9H2,1-2H3,(H,14,16). The number of hydrogen-bond donors (Lipinski definition) is 1. The van der Waals surface area contributed by atoms with Crippen molar-refractivity contribution in [2.45, 2.75) is 38.8 Å². The number of carbonyl (C=O) groups is 3. The molecule has 1 heterocycles. The molecule has 1 aliphatic heterocycles. The molecule has 0 aromatic heterocycles. The quantitative estimate of drug-likeness (QED) is 0.598. The SMILES string of the molecule is COC(=O)C=CC(=O)NC(C)N1CCCCCC1=O. The molecule has 1 saturated heterocycles. The summed E-state index contributed by atoms with van der Waals surface area (Å²) in [7, 11) is 1.24. The first kappa shape index (κ1) is 15.2. The molecular formula is C13H20N2O4. The first-order valence-electron chi connectivity index (χ1n) is 6.40. The predicted octanol–water partition coefficient (Wildman–Crippen LogP) is 0.580. The first-order chi connectivity index (χ1) is 9.04. The molecular weight excluding hydrogens is 248 g/mol. The molecule has 0 aromatic rings. The summed E-state index contributed by atoms with van der Waals surface area (Å²) < 4.78 is 4.39. The molecule has 19 heavy (non-hydrogen) atoms. The molecule has 6 nitrogen and oxygen atoms in total. The molecule has 0 spiro atoms. The Morgan fingerprint density at radius 2 is 2.05 bits per heavy atom. The second kappa shape index (κ2) is 7.56. The third kappa shape index (κ3) is 5.11. The van der Waals surface area contributed by atoms with E-state index in [9.17, 15) is 14.4 Å². The number of carbonyl (C=O) groups excluding carboxylic acids is 3. The van der Waals surface area contributed by atoms with Crippen molar-refractivity contribution < 1.29 is 19.1 Å². The minimum atomic E-state index is -0.589. The van der Waals surface area contributed by atoms with Crippen molar-refractivity contribution in [1.29, 1.82) is 0 Å². The summed E-state index contributed by atoms with van der Waals surface area (Å²) in [6, 6.07) is 0. The van der Waals surface area contributed by atoms with E-state index in [0.717, 1.165) is 31.4 Å². The Morgan fingerprint density at radius 3 is 2.74 bits per heavy atom. The third-order valence-corrected chi connectivity index (χ3v) is 3.00. The number of nitrogens with one attached hydrogen (secondary N) is 1. The van der Waals surface area contributed by atoms with Crippen molar-refractivity contribution >= 4 is 17.8 Å². The Hall–Kier alpha value is -1.85. The molecule has 1 atom stereocenters. The van der Waals surface area contributed by atoms with Gasteiger partial charge in [-0.1, -0.05) is 6.42 Å². The second-order valence-electron chi connectivity index (χ2n) is 4.44. The van der Waals surface area contributed by atoms with Gasteiger partial charge < -0.3 is 15.0 Å². The highest BCUT2D eigenvalue weighted by atomic mass is 16.5. The molecule has 0 bridgehead atoms. The van der Waals surface area contributed by atoms with E-state index in [0.29, 0.717) is 13.0 Å². The summed E-state index contributed by atoms with van der Waals surface area (Å²) in [6.45, 7) is 2.41. The third-order valence-electron chi connectivity index (χ3n) is 3.00. The van der Waals surface area contributed by atoms with Gasteiger partial charge in [0.25, 0.3) is 0 Å². The van der Waals surface area contributed by atoms with Crippen LogP contribution in [0.2, 0.25) is 0 Å². The topological polar surface area (TPSA) is 75.7 Å². The zero-order valence-corrected chi connectivity index (χ0v) is 11.3. The van der Waals surface area contributed by atoms with Crippen LogP contribution in [0.3, 0.4) is 0 Å². The monoisotopic (exact) mass is 268 g/mol. The van der Waals surface area contributed by atoms with Crippen LogP contribution in [0.25, 0.3) is 0 Å². The molecule has 6 heteroatoms. The number of methoxy groups -OCH3 is 1. The van der Waals surface area contributed by atoms with Gasteiger partial charge in [-0.2, -0.15) is 0 Å². The minimum Gasteiger partial charge on any atom is -0.466 e. The van der Waals surface area contributed by atoms with Crippen molar-refractivity contribution in [3.8, 4) is 0 Å². The second-order valence-corrected chi connectivity index (χ2v) is 4.44. The summed E-state index contributed by atoms with van der Waals surface area (Å²) >= 11 is 0. The summed E-state index contributed by atoms with van der Waals surface area (Å²) in [5.41, 5.74) is 0. The van der Waals surface area contributed by atoms with Gasteiger partial charge in [0.15, 0.2) is 0 Å². The van der Waals surface area contributed by atoms with E-state index in [1.807, 2.05) is 0 Å². The maximum atomic E-state index is 11.8. The van der Waals surface area contributed by atoms with Crippen molar-refractivity contribution in [1.82, 2.24) is 10.2 Å². The van der Waals surface area contributed by atoms with Crippen LogP contribution >= 0.6 is 0 Å². The van der Waals surface area contributed by atoms with Gasteiger partial charge in [-0.3, -0.25) is 9.59 Å². The maximum Gasteiger partial charge on any atom is 0.330 e. The van der Waals surface area contributed by atoms with Crippen LogP contribution in [0.5, 0.6) is 0 Å². The van der Waals surface area contributed by atoms with Crippen LogP contribution in [0.1, 0.15) is 32.6 Å². The minimum absolute atomic E-state index is 0.0576. The van der Waals surface area contributed by atoms with Gasteiger partial charge in [-0.15, -0.1) is 0 Å². The molecule has 1 unspecified atom stereocenters. The number of rotatable bonds is 4. The maximum absolute atomic E-state index is 11.8. The number of esters is 1. The lowest BCUT2D eigenvalue weighted by atomic mass is 10.2. The van der Waals surface area contributed by atoms with Crippen LogP contribution in [0.15, 0.2) is 12.2 Å². The van der Waals surface area contributed by atoms with Crippen LogP contribution in [-0.2, 0) is 19.1 Å². The lowest BCUT2D eigenvalue weighted by Gasteiger charge is -2.28. The van der Waals surface area contributed by atoms with Crippen LogP contribution in [0.4, 0.5) is 0 Å². The normalized spacial score (nSPS) is 18.0. The van der Waals surface area contributed by atoms with Crippen molar-refractivity contribution in [3.63, 3.8) is 0 Å². The highest BCUT2D eigenvalue weighted by Gasteiger charge is 2.22. The molecule has 1 N–H and O–H groups in total. The number of nitrogens with zero attached hydrogens (tertiary/aromatic N) is 1. The number of amides is 2.